The molecular weight excluding hydrogens is 390 g/mol. The number of aryl methyl sites for hydroxylation is 2. The van der Waals surface area contributed by atoms with E-state index in [9.17, 15) is 9.59 Å². The van der Waals surface area contributed by atoms with Crippen LogP contribution in [-0.4, -0.2) is 32.9 Å². The second kappa shape index (κ2) is 7.83. The molecule has 31 heavy (non-hydrogen) atoms. The largest absolute Gasteiger partial charge is 0.346 e. The zero-order valence-corrected chi connectivity index (χ0v) is 18.1. The van der Waals surface area contributed by atoms with Crippen LogP contribution in [0.15, 0.2) is 59.7 Å². The Bertz CT molecular complexity index is 1160. The average molecular weight is 415 g/mol. The van der Waals surface area contributed by atoms with Crippen molar-refractivity contribution >= 4 is 18.2 Å². The molecule has 1 N–H and O–H groups in total. The summed E-state index contributed by atoms with van der Waals surface area (Å²) in [4.78, 5) is 25.5. The molecule has 4 rings (SSSR count). The molecule has 1 aliphatic rings. The standard InChI is InChI=1S/C24H25N5O2/c1-16-10-12-19(13-11-16)15-28-18(3)21(17(2)27-28)14-25-29-22(30)24(4,26-23(29)31)20-8-6-5-7-9-20/h5-14H,15H2,1-4H3,(H,26,31)/t24-/m0/s1. The molecule has 1 aliphatic heterocycles. The predicted molar refractivity (Wildman–Crippen MR) is 119 cm³/mol. The molecule has 0 unspecified atom stereocenters. The number of hydrazone groups is 1. The average Bonchev–Trinajstić information content (AvgIpc) is 3.15. The number of amides is 3. The van der Waals surface area contributed by atoms with Crippen molar-refractivity contribution in [3.05, 3.63) is 88.2 Å². The molecule has 3 amide bonds. The van der Waals surface area contributed by atoms with E-state index < -0.39 is 17.5 Å². The zero-order chi connectivity index (χ0) is 22.2. The molecule has 3 aromatic rings. The second-order valence-corrected chi connectivity index (χ2v) is 8.01. The topological polar surface area (TPSA) is 79.6 Å². The molecule has 2 heterocycles. The third kappa shape index (κ3) is 3.74. The quantitative estimate of drug-likeness (QED) is 0.510. The van der Waals surface area contributed by atoms with Crippen LogP contribution in [0.25, 0.3) is 0 Å². The molecule has 0 spiro atoms. The molecule has 0 bridgehead atoms. The summed E-state index contributed by atoms with van der Waals surface area (Å²) in [7, 11) is 0. The molecule has 1 aromatic heterocycles. The lowest BCUT2D eigenvalue weighted by atomic mass is 9.92. The van der Waals surface area contributed by atoms with Gasteiger partial charge in [0, 0.05) is 11.3 Å². The number of benzene rings is 2. The van der Waals surface area contributed by atoms with Crippen molar-refractivity contribution in [2.45, 2.75) is 39.8 Å². The molecular formula is C24H25N5O2. The lowest BCUT2D eigenvalue weighted by Gasteiger charge is -2.20. The van der Waals surface area contributed by atoms with Gasteiger partial charge in [-0.3, -0.25) is 9.48 Å². The first kappa shape index (κ1) is 20.5. The number of aromatic nitrogens is 2. The van der Waals surface area contributed by atoms with Crippen molar-refractivity contribution < 1.29 is 9.59 Å². The Morgan fingerprint density at radius 1 is 1.03 bits per heavy atom. The maximum absolute atomic E-state index is 13.0. The summed E-state index contributed by atoms with van der Waals surface area (Å²) in [6, 6.07) is 16.9. The third-order valence-electron chi connectivity index (χ3n) is 5.71. The molecule has 0 radical (unpaired) electrons. The molecule has 0 aliphatic carbocycles. The third-order valence-corrected chi connectivity index (χ3v) is 5.71. The van der Waals surface area contributed by atoms with E-state index in [-0.39, 0.29) is 0 Å². The van der Waals surface area contributed by atoms with E-state index in [1.165, 1.54) is 11.8 Å². The molecule has 1 saturated heterocycles. The molecule has 0 saturated carbocycles. The van der Waals surface area contributed by atoms with Gasteiger partial charge in [0.15, 0.2) is 0 Å². The van der Waals surface area contributed by atoms with Crippen molar-refractivity contribution in [1.29, 1.82) is 0 Å². The Balaban J connectivity index is 1.57. The number of urea groups is 1. The van der Waals surface area contributed by atoms with Crippen LogP contribution >= 0.6 is 0 Å². The van der Waals surface area contributed by atoms with Gasteiger partial charge in [-0.05, 0) is 38.8 Å². The number of carbonyl (C=O) groups excluding carboxylic acids is 2. The van der Waals surface area contributed by atoms with Crippen molar-refractivity contribution in [2.75, 3.05) is 0 Å². The molecule has 1 atom stereocenters. The number of carbonyl (C=O) groups is 2. The fraction of sp³-hybridized carbons (Fsp3) is 0.250. The fourth-order valence-electron chi connectivity index (χ4n) is 3.73. The first-order valence-corrected chi connectivity index (χ1v) is 10.2. The lowest BCUT2D eigenvalue weighted by Crippen LogP contribution is -2.40. The van der Waals surface area contributed by atoms with Gasteiger partial charge in [-0.15, -0.1) is 5.01 Å². The van der Waals surface area contributed by atoms with Crippen molar-refractivity contribution in [1.82, 2.24) is 20.1 Å². The van der Waals surface area contributed by atoms with Gasteiger partial charge < -0.3 is 5.32 Å². The monoisotopic (exact) mass is 415 g/mol. The van der Waals surface area contributed by atoms with Gasteiger partial charge in [0.25, 0.3) is 5.91 Å². The first-order chi connectivity index (χ1) is 14.8. The normalized spacial score (nSPS) is 18.8. The van der Waals surface area contributed by atoms with E-state index in [0.29, 0.717) is 12.1 Å². The minimum atomic E-state index is -1.14. The maximum atomic E-state index is 13.0. The number of nitrogens with one attached hydrogen (secondary N) is 1. The summed E-state index contributed by atoms with van der Waals surface area (Å²) < 4.78 is 1.90. The smallest absolute Gasteiger partial charge is 0.318 e. The number of hydrogen-bond donors (Lipinski definition) is 1. The summed E-state index contributed by atoms with van der Waals surface area (Å²) in [6.45, 7) is 8.22. The molecule has 7 heteroatoms. The van der Waals surface area contributed by atoms with Gasteiger partial charge >= 0.3 is 6.03 Å². The Morgan fingerprint density at radius 2 is 1.71 bits per heavy atom. The maximum Gasteiger partial charge on any atom is 0.346 e. The zero-order valence-electron chi connectivity index (χ0n) is 18.1. The van der Waals surface area contributed by atoms with Gasteiger partial charge in [-0.1, -0.05) is 60.2 Å². The van der Waals surface area contributed by atoms with Crippen LogP contribution in [0, 0.1) is 20.8 Å². The minimum absolute atomic E-state index is 0.415. The molecule has 158 valence electrons. The summed E-state index contributed by atoms with van der Waals surface area (Å²) in [5.41, 5.74) is 4.42. The molecule has 1 fully saturated rings. The Labute approximate surface area is 181 Å². The highest BCUT2D eigenvalue weighted by molar-refractivity contribution is 6.07. The van der Waals surface area contributed by atoms with Crippen molar-refractivity contribution in [3.8, 4) is 0 Å². The Morgan fingerprint density at radius 3 is 2.39 bits per heavy atom. The van der Waals surface area contributed by atoms with Gasteiger partial charge in [-0.2, -0.15) is 10.2 Å². The Kier molecular flexibility index (Phi) is 5.19. The van der Waals surface area contributed by atoms with Gasteiger partial charge in [0.2, 0.25) is 0 Å². The summed E-state index contributed by atoms with van der Waals surface area (Å²) in [6.07, 6.45) is 1.54. The number of imide groups is 1. The number of nitrogens with zero attached hydrogens (tertiary/aromatic N) is 4. The molecule has 7 nitrogen and oxygen atoms in total. The second-order valence-electron chi connectivity index (χ2n) is 8.01. The van der Waals surface area contributed by atoms with Crippen molar-refractivity contribution in [3.63, 3.8) is 0 Å². The fourth-order valence-corrected chi connectivity index (χ4v) is 3.73. The van der Waals surface area contributed by atoms with Crippen LogP contribution in [0.5, 0.6) is 0 Å². The van der Waals surface area contributed by atoms with E-state index in [0.717, 1.165) is 27.5 Å². The van der Waals surface area contributed by atoms with Crippen molar-refractivity contribution in [2.24, 2.45) is 5.10 Å². The summed E-state index contributed by atoms with van der Waals surface area (Å²) in [5, 5.41) is 12.5. The highest BCUT2D eigenvalue weighted by atomic mass is 16.2. The van der Waals surface area contributed by atoms with E-state index >= 15 is 0 Å². The van der Waals surface area contributed by atoms with Gasteiger partial charge in [0.05, 0.1) is 18.5 Å². The number of hydrogen-bond acceptors (Lipinski definition) is 4. The van der Waals surface area contributed by atoms with E-state index in [4.69, 9.17) is 0 Å². The lowest BCUT2D eigenvalue weighted by molar-refractivity contribution is -0.131. The van der Waals surface area contributed by atoms with E-state index in [2.05, 4.69) is 46.7 Å². The summed E-state index contributed by atoms with van der Waals surface area (Å²) in [5.74, 6) is -0.415. The van der Waals surface area contributed by atoms with Crippen LogP contribution in [0.1, 0.15) is 40.6 Å². The van der Waals surface area contributed by atoms with Crippen LogP contribution < -0.4 is 5.32 Å². The SMILES string of the molecule is Cc1ccc(Cn2nc(C)c(C=NN3C(=O)N[C@@](C)(c4ccccc4)C3=O)c2C)cc1. The number of rotatable bonds is 5. The van der Waals surface area contributed by atoms with Crippen LogP contribution in [-0.2, 0) is 16.9 Å². The summed E-state index contributed by atoms with van der Waals surface area (Å²) >= 11 is 0. The van der Waals surface area contributed by atoms with Crippen LogP contribution in [0.4, 0.5) is 4.79 Å². The van der Waals surface area contributed by atoms with E-state index in [1.54, 1.807) is 6.92 Å². The predicted octanol–water partition coefficient (Wildman–Crippen LogP) is 3.66. The minimum Gasteiger partial charge on any atom is -0.318 e. The highest BCUT2D eigenvalue weighted by Crippen LogP contribution is 2.28. The highest BCUT2D eigenvalue weighted by Gasteiger charge is 2.49. The Hall–Kier alpha value is -3.74. The van der Waals surface area contributed by atoms with Gasteiger partial charge in [-0.25, -0.2) is 4.79 Å². The van der Waals surface area contributed by atoms with Crippen LogP contribution in [0.2, 0.25) is 0 Å². The van der Waals surface area contributed by atoms with Crippen LogP contribution in [0.3, 0.4) is 0 Å². The van der Waals surface area contributed by atoms with Gasteiger partial charge in [0.1, 0.15) is 5.54 Å². The van der Waals surface area contributed by atoms with E-state index in [1.807, 2.05) is 48.9 Å². The first-order valence-electron chi connectivity index (χ1n) is 10.2. The molecule has 2 aromatic carbocycles.